The summed E-state index contributed by atoms with van der Waals surface area (Å²) in [5.74, 6) is -0.307. The van der Waals surface area contributed by atoms with Crippen LogP contribution in [0.1, 0.15) is 12.8 Å². The second-order valence-electron chi connectivity index (χ2n) is 3.67. The molecule has 0 aromatic heterocycles. The van der Waals surface area contributed by atoms with Crippen LogP contribution >= 0.6 is 0 Å². The number of aliphatic hydroxyl groups excluding tert-OH is 1. The van der Waals surface area contributed by atoms with E-state index in [2.05, 4.69) is 5.32 Å². The summed E-state index contributed by atoms with van der Waals surface area (Å²) in [7, 11) is 1.50. The number of amides is 2. The van der Waals surface area contributed by atoms with E-state index in [1.54, 1.807) is 0 Å². The van der Waals surface area contributed by atoms with Crippen molar-refractivity contribution in [1.82, 2.24) is 10.2 Å². The molecule has 1 unspecified atom stereocenters. The van der Waals surface area contributed by atoms with Gasteiger partial charge in [0.25, 0.3) is 0 Å². The summed E-state index contributed by atoms with van der Waals surface area (Å²) in [6, 6.07) is -0.291. The molecule has 1 fully saturated rings. The Balaban J connectivity index is 2.22. The van der Waals surface area contributed by atoms with Crippen LogP contribution < -0.4 is 5.32 Å². The molecule has 1 rings (SSSR count). The highest BCUT2D eigenvalue weighted by Gasteiger charge is 2.30. The van der Waals surface area contributed by atoms with E-state index in [0.29, 0.717) is 32.6 Å². The number of rotatable bonds is 6. The van der Waals surface area contributed by atoms with Gasteiger partial charge in [-0.2, -0.15) is 0 Å². The normalized spacial score (nSPS) is 21.6. The highest BCUT2D eigenvalue weighted by molar-refractivity contribution is 6.00. The molecular formula is C10H18N2O4. The van der Waals surface area contributed by atoms with Crippen LogP contribution in [0.5, 0.6) is 0 Å². The average Bonchev–Trinajstić information content (AvgIpc) is 2.28. The minimum absolute atomic E-state index is 0.000398. The minimum Gasteiger partial charge on any atom is -0.394 e. The molecule has 0 spiro atoms. The highest BCUT2D eigenvalue weighted by atomic mass is 16.5. The molecule has 1 aliphatic rings. The lowest BCUT2D eigenvalue weighted by Crippen LogP contribution is -2.52. The van der Waals surface area contributed by atoms with Crippen LogP contribution in [0.4, 0.5) is 0 Å². The fraction of sp³-hybridized carbons (Fsp3) is 0.800. The maximum absolute atomic E-state index is 11.6. The van der Waals surface area contributed by atoms with E-state index in [9.17, 15) is 9.59 Å². The number of likely N-dealkylation sites (N-methyl/N-ethyl adjacent to an activating group) is 1. The Kier molecular flexibility index (Phi) is 5.37. The second-order valence-corrected chi connectivity index (χ2v) is 3.67. The lowest BCUT2D eigenvalue weighted by molar-refractivity contribution is -0.148. The van der Waals surface area contributed by atoms with Crippen molar-refractivity contribution in [3.63, 3.8) is 0 Å². The quantitative estimate of drug-likeness (QED) is 0.439. The minimum atomic E-state index is -0.291. The summed E-state index contributed by atoms with van der Waals surface area (Å²) >= 11 is 0. The zero-order chi connectivity index (χ0) is 12.0. The first-order chi connectivity index (χ1) is 7.66. The van der Waals surface area contributed by atoms with E-state index in [1.165, 1.54) is 7.05 Å². The summed E-state index contributed by atoms with van der Waals surface area (Å²) in [5, 5.41) is 11.5. The number of hydrogen-bond donors (Lipinski definition) is 2. The molecule has 1 heterocycles. The molecule has 0 aromatic rings. The van der Waals surface area contributed by atoms with Crippen molar-refractivity contribution in [2.45, 2.75) is 18.9 Å². The van der Waals surface area contributed by atoms with Gasteiger partial charge in [-0.15, -0.1) is 0 Å². The third-order valence-corrected chi connectivity index (χ3v) is 2.52. The highest BCUT2D eigenvalue weighted by Crippen LogP contribution is 2.10. The molecule has 2 amide bonds. The molecule has 1 aliphatic heterocycles. The van der Waals surface area contributed by atoms with Gasteiger partial charge in [-0.1, -0.05) is 0 Å². The smallest absolute Gasteiger partial charge is 0.246 e. The van der Waals surface area contributed by atoms with Crippen molar-refractivity contribution in [2.75, 3.05) is 33.4 Å². The summed E-state index contributed by atoms with van der Waals surface area (Å²) in [5.41, 5.74) is 0. The molecule has 1 saturated heterocycles. The number of nitrogens with zero attached hydrogens (tertiary/aromatic N) is 1. The maximum Gasteiger partial charge on any atom is 0.246 e. The number of nitrogens with one attached hydrogen (secondary N) is 1. The summed E-state index contributed by atoms with van der Waals surface area (Å²) in [6.07, 6.45) is 0.944. The van der Waals surface area contributed by atoms with Gasteiger partial charge < -0.3 is 15.2 Å². The predicted molar refractivity (Wildman–Crippen MR) is 56.7 cm³/mol. The van der Waals surface area contributed by atoms with E-state index in [4.69, 9.17) is 9.84 Å². The van der Waals surface area contributed by atoms with Gasteiger partial charge >= 0.3 is 0 Å². The van der Waals surface area contributed by atoms with Crippen LogP contribution in [0.25, 0.3) is 0 Å². The van der Waals surface area contributed by atoms with Gasteiger partial charge in [-0.05, 0) is 6.42 Å². The van der Waals surface area contributed by atoms with Gasteiger partial charge in [0, 0.05) is 20.0 Å². The van der Waals surface area contributed by atoms with Crippen LogP contribution in [0.15, 0.2) is 0 Å². The van der Waals surface area contributed by atoms with Gasteiger partial charge in [-0.3, -0.25) is 14.5 Å². The van der Waals surface area contributed by atoms with Crippen LogP contribution in [0, 0.1) is 0 Å². The maximum atomic E-state index is 11.6. The molecule has 0 aliphatic carbocycles. The first-order valence-electron chi connectivity index (χ1n) is 5.39. The zero-order valence-corrected chi connectivity index (χ0v) is 9.44. The van der Waals surface area contributed by atoms with E-state index in [-0.39, 0.29) is 24.5 Å². The lowest BCUT2D eigenvalue weighted by Gasteiger charge is -2.28. The number of piperidine rings is 1. The van der Waals surface area contributed by atoms with Crippen LogP contribution in [0.2, 0.25) is 0 Å². The Labute approximate surface area is 94.6 Å². The third kappa shape index (κ3) is 3.55. The SMILES string of the molecule is CN1C(=O)CCC(NCCOCCO)C1=O. The average molecular weight is 230 g/mol. The van der Waals surface area contributed by atoms with Crippen molar-refractivity contribution >= 4 is 11.8 Å². The first kappa shape index (κ1) is 13.1. The monoisotopic (exact) mass is 230 g/mol. The molecule has 0 bridgehead atoms. The fourth-order valence-corrected chi connectivity index (χ4v) is 1.58. The predicted octanol–water partition coefficient (Wildman–Crippen LogP) is -1.27. The Bertz CT molecular complexity index is 257. The number of aliphatic hydroxyl groups is 1. The number of carbonyl (C=O) groups is 2. The molecule has 0 radical (unpaired) electrons. The number of ether oxygens (including phenoxy) is 1. The summed E-state index contributed by atoms with van der Waals surface area (Å²) in [4.78, 5) is 24.0. The van der Waals surface area contributed by atoms with Crippen molar-refractivity contribution in [1.29, 1.82) is 0 Å². The van der Waals surface area contributed by atoms with E-state index < -0.39 is 0 Å². The number of carbonyl (C=O) groups excluding carboxylic acids is 2. The zero-order valence-electron chi connectivity index (χ0n) is 9.44. The summed E-state index contributed by atoms with van der Waals surface area (Å²) < 4.78 is 5.05. The number of likely N-dealkylation sites (tertiary alicyclic amines) is 1. The summed E-state index contributed by atoms with van der Waals surface area (Å²) in [6.45, 7) is 1.29. The van der Waals surface area contributed by atoms with Crippen molar-refractivity contribution in [2.24, 2.45) is 0 Å². The number of imide groups is 1. The Morgan fingerprint density at radius 1 is 1.50 bits per heavy atom. The molecule has 0 saturated carbocycles. The Morgan fingerprint density at radius 3 is 2.94 bits per heavy atom. The lowest BCUT2D eigenvalue weighted by atomic mass is 10.0. The van der Waals surface area contributed by atoms with Gasteiger partial charge in [0.15, 0.2) is 0 Å². The molecule has 2 N–H and O–H groups in total. The molecule has 92 valence electrons. The molecule has 0 aromatic carbocycles. The molecular weight excluding hydrogens is 212 g/mol. The van der Waals surface area contributed by atoms with E-state index in [1.807, 2.05) is 0 Å². The molecule has 16 heavy (non-hydrogen) atoms. The first-order valence-corrected chi connectivity index (χ1v) is 5.39. The third-order valence-electron chi connectivity index (χ3n) is 2.52. The van der Waals surface area contributed by atoms with Gasteiger partial charge in [0.1, 0.15) is 0 Å². The number of hydrogen-bond acceptors (Lipinski definition) is 5. The molecule has 6 nitrogen and oxygen atoms in total. The van der Waals surface area contributed by atoms with Crippen LogP contribution in [0.3, 0.4) is 0 Å². The van der Waals surface area contributed by atoms with E-state index >= 15 is 0 Å². The topological polar surface area (TPSA) is 78.9 Å². The molecule has 1 atom stereocenters. The van der Waals surface area contributed by atoms with Crippen molar-refractivity contribution in [3.05, 3.63) is 0 Å². The Hall–Kier alpha value is -0.980. The van der Waals surface area contributed by atoms with Crippen LogP contribution in [-0.2, 0) is 14.3 Å². The van der Waals surface area contributed by atoms with Crippen LogP contribution in [-0.4, -0.2) is 61.3 Å². The molecule has 6 heteroatoms. The largest absolute Gasteiger partial charge is 0.394 e. The van der Waals surface area contributed by atoms with Crippen molar-refractivity contribution in [3.8, 4) is 0 Å². The van der Waals surface area contributed by atoms with E-state index in [0.717, 1.165) is 4.90 Å². The Morgan fingerprint density at radius 2 is 2.25 bits per heavy atom. The van der Waals surface area contributed by atoms with Crippen molar-refractivity contribution < 1.29 is 19.4 Å². The van der Waals surface area contributed by atoms with Gasteiger partial charge in [-0.25, -0.2) is 0 Å². The standard InChI is InChI=1S/C10H18N2O4/c1-12-9(14)3-2-8(10(12)15)11-4-6-16-7-5-13/h8,11,13H,2-7H2,1H3. The van der Waals surface area contributed by atoms with Gasteiger partial charge in [0.05, 0.1) is 25.9 Å². The fourth-order valence-electron chi connectivity index (χ4n) is 1.58. The van der Waals surface area contributed by atoms with Gasteiger partial charge in [0.2, 0.25) is 11.8 Å². The second kappa shape index (κ2) is 6.57.